The molecule has 0 aliphatic carbocycles. The molecule has 156 valence electrons. The molecule has 1 aliphatic rings. The molecule has 8 heteroatoms. The van der Waals surface area contributed by atoms with Gasteiger partial charge in [0, 0.05) is 44.2 Å². The molecule has 1 unspecified atom stereocenters. The van der Waals surface area contributed by atoms with Crippen LogP contribution in [0.4, 0.5) is 0 Å². The van der Waals surface area contributed by atoms with Crippen LogP contribution in [0.3, 0.4) is 0 Å². The first-order chi connectivity index (χ1) is 12.9. The van der Waals surface area contributed by atoms with Crippen molar-refractivity contribution in [2.75, 3.05) is 26.7 Å². The van der Waals surface area contributed by atoms with E-state index in [1.54, 1.807) is 19.2 Å². The van der Waals surface area contributed by atoms with Crippen LogP contribution in [0.2, 0.25) is 0 Å². The minimum absolute atomic E-state index is 0. The van der Waals surface area contributed by atoms with Crippen molar-refractivity contribution in [1.82, 2.24) is 20.9 Å². The summed E-state index contributed by atoms with van der Waals surface area (Å²) in [5, 5.41) is 9.30. The van der Waals surface area contributed by atoms with Gasteiger partial charge in [0.05, 0.1) is 6.54 Å². The standard InChI is InChI=1S/C20H31N5O2.HI/c1-5-22-20(24-17-10-11-25(13-17)19(27)14(2)3)23-12-15-6-8-16(9-7-15)18(26)21-4;/h6-9,14,17H,5,10-13H2,1-4H3,(H,21,26)(H2,22,23,24);1H. The second kappa shape index (κ2) is 11.9. The van der Waals surface area contributed by atoms with Gasteiger partial charge in [-0.05, 0) is 31.0 Å². The molecule has 0 spiro atoms. The van der Waals surface area contributed by atoms with E-state index in [-0.39, 0.29) is 47.8 Å². The van der Waals surface area contributed by atoms with Gasteiger partial charge in [-0.15, -0.1) is 24.0 Å². The van der Waals surface area contributed by atoms with Crippen LogP contribution in [0.25, 0.3) is 0 Å². The fourth-order valence-corrected chi connectivity index (χ4v) is 3.03. The van der Waals surface area contributed by atoms with Crippen molar-refractivity contribution in [1.29, 1.82) is 0 Å². The molecule has 1 aromatic rings. The number of carbonyl (C=O) groups is 2. The van der Waals surface area contributed by atoms with Crippen LogP contribution in [0.1, 0.15) is 43.1 Å². The number of rotatable bonds is 6. The number of halogens is 1. The Kier molecular flexibility index (Phi) is 10.3. The quantitative estimate of drug-likeness (QED) is 0.316. The average molecular weight is 501 g/mol. The Labute approximate surface area is 184 Å². The van der Waals surface area contributed by atoms with Crippen LogP contribution >= 0.6 is 24.0 Å². The van der Waals surface area contributed by atoms with E-state index in [1.165, 1.54) is 0 Å². The molecule has 1 atom stereocenters. The highest BCUT2D eigenvalue weighted by atomic mass is 127. The Bertz CT molecular complexity index is 676. The van der Waals surface area contributed by atoms with Gasteiger partial charge in [0.15, 0.2) is 5.96 Å². The number of hydrogen-bond donors (Lipinski definition) is 3. The number of carbonyl (C=O) groups excluding carboxylic acids is 2. The third-order valence-electron chi connectivity index (χ3n) is 4.54. The molecule has 0 radical (unpaired) electrons. The molecular weight excluding hydrogens is 469 g/mol. The van der Waals surface area contributed by atoms with Gasteiger partial charge in [0.25, 0.3) is 5.91 Å². The summed E-state index contributed by atoms with van der Waals surface area (Å²) in [6.07, 6.45) is 0.920. The molecule has 1 aromatic carbocycles. The predicted octanol–water partition coefficient (Wildman–Crippen LogP) is 1.98. The molecule has 0 saturated carbocycles. The van der Waals surface area contributed by atoms with Crippen LogP contribution in [0.15, 0.2) is 29.3 Å². The van der Waals surface area contributed by atoms with Gasteiger partial charge in [-0.3, -0.25) is 9.59 Å². The van der Waals surface area contributed by atoms with Crippen molar-refractivity contribution in [3.8, 4) is 0 Å². The number of nitrogens with one attached hydrogen (secondary N) is 3. The monoisotopic (exact) mass is 501 g/mol. The lowest BCUT2D eigenvalue weighted by Crippen LogP contribution is -2.45. The fraction of sp³-hybridized carbons (Fsp3) is 0.550. The average Bonchev–Trinajstić information content (AvgIpc) is 3.13. The maximum absolute atomic E-state index is 12.1. The molecule has 7 nitrogen and oxygen atoms in total. The molecule has 0 aromatic heterocycles. The molecule has 1 aliphatic heterocycles. The van der Waals surface area contributed by atoms with E-state index < -0.39 is 0 Å². The summed E-state index contributed by atoms with van der Waals surface area (Å²) in [6.45, 7) is 8.68. The van der Waals surface area contributed by atoms with Crippen LogP contribution in [-0.2, 0) is 11.3 Å². The van der Waals surface area contributed by atoms with Crippen molar-refractivity contribution in [2.45, 2.75) is 39.8 Å². The Balaban J connectivity index is 0.00000392. The number of amides is 2. The molecule has 1 fully saturated rings. The SMILES string of the molecule is CCNC(=NCc1ccc(C(=O)NC)cc1)NC1CCN(C(=O)C(C)C)C1.I. The van der Waals surface area contributed by atoms with E-state index in [0.29, 0.717) is 18.7 Å². The minimum atomic E-state index is -0.0956. The molecule has 1 saturated heterocycles. The zero-order valence-electron chi connectivity index (χ0n) is 17.1. The fourth-order valence-electron chi connectivity index (χ4n) is 3.03. The second-order valence-electron chi connectivity index (χ2n) is 7.04. The molecule has 2 rings (SSSR count). The molecule has 1 heterocycles. The van der Waals surface area contributed by atoms with Gasteiger partial charge >= 0.3 is 0 Å². The van der Waals surface area contributed by atoms with Gasteiger partial charge in [-0.2, -0.15) is 0 Å². The summed E-state index contributed by atoms with van der Waals surface area (Å²) in [6, 6.07) is 7.64. The number of aliphatic imine (C=N–C) groups is 1. The van der Waals surface area contributed by atoms with Gasteiger partial charge in [0.2, 0.25) is 5.91 Å². The normalized spacial score (nSPS) is 16.5. The maximum Gasteiger partial charge on any atom is 0.251 e. The van der Waals surface area contributed by atoms with Crippen molar-refractivity contribution in [3.05, 3.63) is 35.4 Å². The van der Waals surface area contributed by atoms with Crippen molar-refractivity contribution < 1.29 is 9.59 Å². The first kappa shape index (κ1) is 24.2. The first-order valence-corrected chi connectivity index (χ1v) is 9.59. The third kappa shape index (κ3) is 6.96. The van der Waals surface area contributed by atoms with Crippen molar-refractivity contribution >= 4 is 41.8 Å². The lowest BCUT2D eigenvalue weighted by molar-refractivity contribution is -0.133. The second-order valence-corrected chi connectivity index (χ2v) is 7.04. The number of benzene rings is 1. The van der Waals surface area contributed by atoms with E-state index >= 15 is 0 Å². The van der Waals surface area contributed by atoms with E-state index in [9.17, 15) is 9.59 Å². The van der Waals surface area contributed by atoms with Gasteiger partial charge in [-0.25, -0.2) is 4.99 Å². The smallest absolute Gasteiger partial charge is 0.251 e. The molecule has 28 heavy (non-hydrogen) atoms. The molecule has 0 bridgehead atoms. The van der Waals surface area contributed by atoms with Crippen molar-refractivity contribution in [3.63, 3.8) is 0 Å². The van der Waals surface area contributed by atoms with Crippen molar-refractivity contribution in [2.24, 2.45) is 10.9 Å². The third-order valence-corrected chi connectivity index (χ3v) is 4.54. The highest BCUT2D eigenvalue weighted by Gasteiger charge is 2.27. The van der Waals surface area contributed by atoms with E-state index in [2.05, 4.69) is 20.9 Å². The number of nitrogens with zero attached hydrogens (tertiary/aromatic N) is 2. The maximum atomic E-state index is 12.1. The van der Waals surface area contributed by atoms with E-state index in [4.69, 9.17) is 0 Å². The highest BCUT2D eigenvalue weighted by molar-refractivity contribution is 14.0. The lowest BCUT2D eigenvalue weighted by Gasteiger charge is -2.20. The molecule has 2 amide bonds. The highest BCUT2D eigenvalue weighted by Crippen LogP contribution is 2.13. The summed E-state index contributed by atoms with van der Waals surface area (Å²) in [4.78, 5) is 30.3. The number of hydrogen-bond acceptors (Lipinski definition) is 3. The summed E-state index contributed by atoms with van der Waals surface area (Å²) in [5.74, 6) is 0.888. The van der Waals surface area contributed by atoms with Crippen LogP contribution < -0.4 is 16.0 Å². The molecule has 3 N–H and O–H groups in total. The summed E-state index contributed by atoms with van der Waals surface area (Å²) in [7, 11) is 1.62. The van der Waals surface area contributed by atoms with Gasteiger partial charge < -0.3 is 20.9 Å². The first-order valence-electron chi connectivity index (χ1n) is 9.59. The zero-order valence-corrected chi connectivity index (χ0v) is 19.4. The topological polar surface area (TPSA) is 85.8 Å². The Morgan fingerprint density at radius 1 is 1.25 bits per heavy atom. The minimum Gasteiger partial charge on any atom is -0.357 e. The van der Waals surface area contributed by atoms with E-state index in [0.717, 1.165) is 31.0 Å². The van der Waals surface area contributed by atoms with E-state index in [1.807, 2.05) is 37.8 Å². The number of likely N-dealkylation sites (tertiary alicyclic amines) is 1. The Hall–Kier alpha value is -1.84. The Morgan fingerprint density at radius 3 is 2.50 bits per heavy atom. The zero-order chi connectivity index (χ0) is 19.8. The van der Waals surface area contributed by atoms with Crippen LogP contribution in [0, 0.1) is 5.92 Å². The summed E-state index contributed by atoms with van der Waals surface area (Å²) in [5.41, 5.74) is 1.67. The largest absolute Gasteiger partial charge is 0.357 e. The predicted molar refractivity (Wildman–Crippen MR) is 123 cm³/mol. The summed E-state index contributed by atoms with van der Waals surface area (Å²) >= 11 is 0. The Morgan fingerprint density at radius 2 is 1.93 bits per heavy atom. The number of guanidine groups is 1. The lowest BCUT2D eigenvalue weighted by atomic mass is 10.1. The van der Waals surface area contributed by atoms with Crippen LogP contribution in [-0.4, -0.2) is 55.4 Å². The molecular formula is C20H32IN5O2. The summed E-state index contributed by atoms with van der Waals surface area (Å²) < 4.78 is 0. The van der Waals surface area contributed by atoms with Gasteiger partial charge in [-0.1, -0.05) is 26.0 Å². The van der Waals surface area contributed by atoms with Gasteiger partial charge in [0.1, 0.15) is 0 Å². The van der Waals surface area contributed by atoms with Crippen LogP contribution in [0.5, 0.6) is 0 Å².